The van der Waals surface area contributed by atoms with Crippen molar-refractivity contribution in [2.45, 2.75) is 0 Å². The van der Waals surface area contributed by atoms with Crippen LogP contribution in [0.25, 0.3) is 0 Å². The quantitative estimate of drug-likeness (QED) is 0.173. The number of nitrogens with one attached hydrogen (secondary N) is 2. The molecule has 0 aliphatic carbocycles. The van der Waals surface area contributed by atoms with Crippen molar-refractivity contribution in [1.29, 1.82) is 0 Å². The third-order valence-electron chi connectivity index (χ3n) is 2.25. The van der Waals surface area contributed by atoms with Gasteiger partial charge in [0.25, 0.3) is 0 Å². The van der Waals surface area contributed by atoms with Crippen LogP contribution in [0.2, 0.25) is 0 Å². The van der Waals surface area contributed by atoms with Crippen LogP contribution >= 0.6 is 23.5 Å². The summed E-state index contributed by atoms with van der Waals surface area (Å²) in [5, 5.41) is 7.83. The molecule has 2 aromatic rings. The standard InChI is InChI=1S/2C7H9N3S2.Zn/c2*1-12-7(11)10-9-5-6-3-2-4-8-6;/h2*2-5H,1H3,(H2,8,9,10,11);. The van der Waals surface area contributed by atoms with E-state index in [9.17, 15) is 0 Å². The van der Waals surface area contributed by atoms with Crippen molar-refractivity contribution in [3.63, 3.8) is 0 Å². The van der Waals surface area contributed by atoms with E-state index in [1.54, 1.807) is 24.8 Å². The Kier molecular flexibility index (Phi) is 14.7. The molecular formula is C14H18N6S4Zn. The zero-order chi connectivity index (χ0) is 17.6. The van der Waals surface area contributed by atoms with Crippen LogP contribution in [0.15, 0.2) is 46.9 Å². The predicted octanol–water partition coefficient (Wildman–Crippen LogP) is 0.591. The minimum Gasteiger partial charge on any atom is -0.663 e. The van der Waals surface area contributed by atoms with E-state index >= 15 is 0 Å². The van der Waals surface area contributed by atoms with Gasteiger partial charge in [0.1, 0.15) is 0 Å². The van der Waals surface area contributed by atoms with Crippen LogP contribution in [0, 0.1) is 0 Å². The number of nitrogens with zero attached hydrogens (tertiary/aromatic N) is 4. The largest absolute Gasteiger partial charge is 0.663 e. The first-order valence-corrected chi connectivity index (χ1v) is 9.93. The van der Waals surface area contributed by atoms with Crippen LogP contribution in [-0.4, -0.2) is 33.6 Å². The van der Waals surface area contributed by atoms with E-state index in [2.05, 4.69) is 55.5 Å². The van der Waals surface area contributed by atoms with Gasteiger partial charge >= 0.3 is 8.64 Å². The monoisotopic (exact) mass is 462 g/mol. The molecule has 0 spiro atoms. The molecule has 2 aromatic heterocycles. The number of rotatable bonds is 4. The third kappa shape index (κ3) is 12.1. The summed E-state index contributed by atoms with van der Waals surface area (Å²) < 4.78 is 1.52. The van der Waals surface area contributed by atoms with E-state index in [1.165, 1.54) is 23.5 Å². The van der Waals surface area contributed by atoms with Crippen molar-refractivity contribution in [1.82, 2.24) is 20.8 Å². The topological polar surface area (TPSA) is 77.0 Å². The maximum atomic E-state index is 4.10. The molecule has 130 valence electrons. The zero-order valence-electron chi connectivity index (χ0n) is 13.8. The van der Waals surface area contributed by atoms with Gasteiger partial charge in [0.05, 0.1) is 0 Å². The number of thiol groups is 2. The van der Waals surface area contributed by atoms with Crippen molar-refractivity contribution in [2.75, 3.05) is 12.5 Å². The second-order valence-corrected chi connectivity index (χ2v) is 7.02. The Morgan fingerprint density at radius 1 is 0.920 bits per heavy atom. The average Bonchev–Trinajstić information content (AvgIpc) is 3.29. The number of hydrazone groups is 2. The zero-order valence-corrected chi connectivity index (χ0v) is 20.2. The minimum absolute atomic E-state index is 0. The molecule has 0 aliphatic rings. The molecular weight excluding hydrogens is 446 g/mol. The van der Waals surface area contributed by atoms with Crippen LogP contribution < -0.4 is 20.8 Å². The molecule has 6 nitrogen and oxygen atoms in total. The molecule has 11 heteroatoms. The Labute approximate surface area is 179 Å². The maximum absolute atomic E-state index is 4.10. The van der Waals surface area contributed by atoms with Crippen LogP contribution in [0.5, 0.6) is 0 Å². The van der Waals surface area contributed by atoms with Gasteiger partial charge in [-0.3, -0.25) is 0 Å². The molecule has 0 saturated heterocycles. The number of aromatic nitrogens is 2. The van der Waals surface area contributed by atoms with E-state index < -0.39 is 0 Å². The van der Waals surface area contributed by atoms with E-state index in [1.807, 2.05) is 36.8 Å². The molecule has 0 bridgehead atoms. The van der Waals surface area contributed by atoms with Crippen molar-refractivity contribution >= 4 is 69.0 Å². The maximum Gasteiger partial charge on any atom is 0.343 e. The van der Waals surface area contributed by atoms with Crippen LogP contribution in [0.3, 0.4) is 0 Å². The molecule has 0 atom stereocenters. The van der Waals surface area contributed by atoms with Gasteiger partial charge in [-0.15, -0.1) is 11.4 Å². The van der Waals surface area contributed by atoms with Gasteiger partial charge in [0.2, 0.25) is 0 Å². The molecule has 2 heterocycles. The molecule has 0 radical (unpaired) electrons. The number of hydrogen-bond donors (Lipinski definition) is 2. The van der Waals surface area contributed by atoms with Gasteiger partial charge in [0, 0.05) is 31.9 Å². The summed E-state index contributed by atoms with van der Waals surface area (Å²) in [7, 11) is 0. The van der Waals surface area contributed by atoms with Crippen molar-refractivity contribution in [3.05, 3.63) is 48.0 Å². The number of thioether (sulfide) groups is 2. The fourth-order valence-electron chi connectivity index (χ4n) is 1.18. The number of hydrogen-bond acceptors (Lipinski definition) is 4. The van der Waals surface area contributed by atoms with Gasteiger partial charge < -0.3 is 9.97 Å². The normalized spacial score (nSPS) is 10.0. The van der Waals surface area contributed by atoms with Gasteiger partial charge in [-0.1, -0.05) is 24.3 Å². The molecule has 0 fully saturated rings. The molecule has 0 aromatic carbocycles. The van der Waals surface area contributed by atoms with Gasteiger partial charge in [0.15, 0.2) is 24.4 Å². The van der Waals surface area contributed by atoms with Crippen molar-refractivity contribution in [2.24, 2.45) is 10.2 Å². The molecule has 0 saturated carbocycles. The fourth-order valence-corrected chi connectivity index (χ4v) is 1.58. The predicted molar refractivity (Wildman–Crippen MR) is 116 cm³/mol. The molecule has 0 unspecified atom stereocenters. The summed E-state index contributed by atoms with van der Waals surface area (Å²) in [5.74, 6) is 0. The smallest absolute Gasteiger partial charge is 0.343 e. The van der Waals surface area contributed by atoms with Crippen molar-refractivity contribution in [3.8, 4) is 0 Å². The molecule has 0 amide bonds. The van der Waals surface area contributed by atoms with Crippen molar-refractivity contribution < 1.29 is 19.5 Å². The summed E-state index contributed by atoms with van der Waals surface area (Å²) in [6.45, 7) is 0. The third-order valence-corrected chi connectivity index (χ3v) is 4.51. The average molecular weight is 464 g/mol. The van der Waals surface area contributed by atoms with E-state index in [0.29, 0.717) is 0 Å². The van der Waals surface area contributed by atoms with Crippen LogP contribution in [-0.2, 0) is 43.9 Å². The van der Waals surface area contributed by atoms with Gasteiger partial charge in [-0.05, 0) is 36.0 Å². The summed E-state index contributed by atoms with van der Waals surface area (Å²) in [4.78, 5) is 8.02. The fraction of sp³-hybridized carbons (Fsp3) is 0.143. The Morgan fingerprint density at radius 3 is 1.60 bits per heavy atom. The molecule has 2 N–H and O–H groups in total. The molecule has 2 rings (SSSR count). The Hall–Kier alpha value is -0.997. The van der Waals surface area contributed by atoms with Gasteiger partial charge in [-0.2, -0.15) is 22.6 Å². The van der Waals surface area contributed by atoms with E-state index in [0.717, 1.165) is 20.0 Å². The first-order chi connectivity index (χ1) is 11.7. The Morgan fingerprint density at radius 2 is 1.32 bits per heavy atom. The van der Waals surface area contributed by atoms with Crippen LogP contribution in [0.1, 0.15) is 11.4 Å². The van der Waals surface area contributed by atoms with Gasteiger partial charge in [-0.25, -0.2) is 10.9 Å². The van der Waals surface area contributed by atoms with E-state index in [-0.39, 0.29) is 19.5 Å². The second-order valence-electron chi connectivity index (χ2n) is 3.88. The van der Waals surface area contributed by atoms with Crippen LogP contribution in [0.4, 0.5) is 0 Å². The SMILES string of the molecule is CSC(=[SH+])NN=Cc1ccc[n-]1.CSC(=[SH+])NN=Cc1ccc[n-]1.[Zn]. The second kappa shape index (κ2) is 15.3. The first kappa shape index (κ1) is 24.0. The molecule has 0 aliphatic heterocycles. The molecule has 25 heavy (non-hydrogen) atoms. The Balaban J connectivity index is 0.000000443. The summed E-state index contributed by atoms with van der Waals surface area (Å²) in [6.07, 6.45) is 10.6. The summed E-state index contributed by atoms with van der Waals surface area (Å²) in [5.41, 5.74) is 7.16. The minimum atomic E-state index is 0. The summed E-state index contributed by atoms with van der Waals surface area (Å²) >= 11 is 11.2. The van der Waals surface area contributed by atoms with E-state index in [4.69, 9.17) is 0 Å². The first-order valence-electron chi connectivity index (χ1n) is 6.59. The summed E-state index contributed by atoms with van der Waals surface area (Å²) in [6, 6.07) is 7.48. The Bertz CT molecular complexity index is 597.